The van der Waals surface area contributed by atoms with Gasteiger partial charge in [0.25, 0.3) is 0 Å². The van der Waals surface area contributed by atoms with E-state index in [2.05, 4.69) is 4.98 Å². The van der Waals surface area contributed by atoms with E-state index in [-0.39, 0.29) is 0 Å². The summed E-state index contributed by atoms with van der Waals surface area (Å²) in [5.41, 5.74) is 10.5. The third-order valence-corrected chi connectivity index (χ3v) is 4.51. The summed E-state index contributed by atoms with van der Waals surface area (Å²) in [7, 11) is -1.09. The number of rotatable bonds is 3. The number of aryl methyl sites for hydroxylation is 2. The minimum atomic E-state index is -1.09. The second-order valence-electron chi connectivity index (χ2n) is 4.73. The lowest BCUT2D eigenvalue weighted by Gasteiger charge is -2.10. The maximum atomic E-state index is 12.3. The second kappa shape index (κ2) is 5.53. The highest BCUT2D eigenvalue weighted by atomic mass is 32.2. The minimum Gasteiger partial charge on any atom is -0.398 e. The Bertz CT molecular complexity index is 638. The number of benzene rings is 1. The molecule has 0 aliphatic heterocycles. The van der Waals surface area contributed by atoms with E-state index in [9.17, 15) is 4.21 Å². The van der Waals surface area contributed by atoms with Crippen LogP contribution < -0.4 is 5.73 Å². The first-order valence-corrected chi connectivity index (χ1v) is 7.46. The predicted octanol–water partition coefficient (Wildman–Crippen LogP) is 2.90. The van der Waals surface area contributed by atoms with Crippen molar-refractivity contribution in [2.24, 2.45) is 0 Å². The molecular weight excluding hydrogens is 256 g/mol. The lowest BCUT2D eigenvalue weighted by atomic mass is 10.1. The van der Waals surface area contributed by atoms with Gasteiger partial charge in [-0.2, -0.15) is 0 Å². The Kier molecular flexibility index (Phi) is 4.00. The molecule has 3 nitrogen and oxygen atoms in total. The van der Waals surface area contributed by atoms with E-state index >= 15 is 0 Å². The first-order chi connectivity index (χ1) is 8.99. The maximum absolute atomic E-state index is 12.3. The maximum Gasteiger partial charge on any atom is 0.0709 e. The molecule has 1 heterocycles. The molecule has 0 amide bonds. The minimum absolute atomic E-state index is 0.403. The number of nitrogens with zero attached hydrogens (tertiary/aromatic N) is 1. The van der Waals surface area contributed by atoms with Gasteiger partial charge in [0.05, 0.1) is 22.2 Å². The fraction of sp³-hybridized carbons (Fsp3) is 0.267. The van der Waals surface area contributed by atoms with E-state index in [1.165, 1.54) is 0 Å². The lowest BCUT2D eigenvalue weighted by Crippen LogP contribution is -2.05. The summed E-state index contributed by atoms with van der Waals surface area (Å²) in [6.07, 6.45) is 1.74. The van der Waals surface area contributed by atoms with Crippen LogP contribution in [-0.4, -0.2) is 9.19 Å². The quantitative estimate of drug-likeness (QED) is 0.936. The number of nitrogen functional groups attached to an aromatic ring is 1. The molecule has 1 unspecified atom stereocenters. The molecule has 4 heteroatoms. The summed E-state index contributed by atoms with van der Waals surface area (Å²) in [5, 5.41) is 0. The SMILES string of the molecule is Cc1cccc(S(=O)Cc2ncc(C)c(N)c2C)c1. The molecule has 1 aromatic carbocycles. The van der Waals surface area contributed by atoms with Crippen LogP contribution in [0.3, 0.4) is 0 Å². The highest BCUT2D eigenvalue weighted by Crippen LogP contribution is 2.21. The summed E-state index contributed by atoms with van der Waals surface area (Å²) >= 11 is 0. The fourth-order valence-corrected chi connectivity index (χ4v) is 3.16. The third kappa shape index (κ3) is 3.01. The second-order valence-corrected chi connectivity index (χ2v) is 6.18. The van der Waals surface area contributed by atoms with Crippen molar-refractivity contribution in [2.45, 2.75) is 31.4 Å². The first-order valence-electron chi connectivity index (χ1n) is 6.14. The highest BCUT2D eigenvalue weighted by molar-refractivity contribution is 7.84. The van der Waals surface area contributed by atoms with Crippen LogP contribution >= 0.6 is 0 Å². The molecule has 100 valence electrons. The molecule has 2 N–H and O–H groups in total. The van der Waals surface area contributed by atoms with Crippen molar-refractivity contribution in [3.05, 3.63) is 52.8 Å². The van der Waals surface area contributed by atoms with Gasteiger partial charge in [0, 0.05) is 16.8 Å². The summed E-state index contributed by atoms with van der Waals surface area (Å²) in [6, 6.07) is 7.75. The van der Waals surface area contributed by atoms with E-state index in [1.54, 1.807) is 6.20 Å². The molecule has 1 aromatic heterocycles. The third-order valence-electron chi connectivity index (χ3n) is 3.20. The van der Waals surface area contributed by atoms with Crippen LogP contribution in [0.2, 0.25) is 0 Å². The van der Waals surface area contributed by atoms with Crippen LogP contribution in [-0.2, 0) is 16.6 Å². The zero-order chi connectivity index (χ0) is 14.0. The lowest BCUT2D eigenvalue weighted by molar-refractivity contribution is 0.682. The van der Waals surface area contributed by atoms with Gasteiger partial charge in [-0.05, 0) is 49.6 Å². The van der Waals surface area contributed by atoms with Gasteiger partial charge in [0.1, 0.15) is 0 Å². The van der Waals surface area contributed by atoms with Gasteiger partial charge >= 0.3 is 0 Å². The Hall–Kier alpha value is -1.68. The number of anilines is 1. The Labute approximate surface area is 116 Å². The topological polar surface area (TPSA) is 56.0 Å². The number of hydrogen-bond donors (Lipinski definition) is 1. The van der Waals surface area contributed by atoms with Crippen LogP contribution in [0.1, 0.15) is 22.4 Å². The van der Waals surface area contributed by atoms with Crippen molar-refractivity contribution in [2.75, 3.05) is 5.73 Å². The summed E-state index contributed by atoms with van der Waals surface area (Å²) in [6.45, 7) is 5.85. The molecule has 2 aromatic rings. The van der Waals surface area contributed by atoms with Crippen LogP contribution in [0, 0.1) is 20.8 Å². The van der Waals surface area contributed by atoms with Crippen LogP contribution in [0.5, 0.6) is 0 Å². The molecule has 0 radical (unpaired) electrons. The van der Waals surface area contributed by atoms with Crippen molar-refractivity contribution in [1.29, 1.82) is 0 Å². The Morgan fingerprint density at radius 3 is 2.68 bits per heavy atom. The van der Waals surface area contributed by atoms with E-state index in [0.717, 1.165) is 33.0 Å². The van der Waals surface area contributed by atoms with Crippen molar-refractivity contribution in [3.63, 3.8) is 0 Å². The smallest absolute Gasteiger partial charge is 0.0709 e. The van der Waals surface area contributed by atoms with Crippen molar-refractivity contribution < 1.29 is 4.21 Å². The Balaban J connectivity index is 2.27. The largest absolute Gasteiger partial charge is 0.398 e. The Morgan fingerprint density at radius 2 is 2.00 bits per heavy atom. The molecular formula is C15H18N2OS. The molecule has 0 spiro atoms. The number of nitrogens with two attached hydrogens (primary N) is 1. The molecule has 1 atom stereocenters. The molecule has 2 rings (SSSR count). The monoisotopic (exact) mass is 274 g/mol. The first kappa shape index (κ1) is 13.7. The number of hydrogen-bond acceptors (Lipinski definition) is 3. The molecule has 19 heavy (non-hydrogen) atoms. The summed E-state index contributed by atoms with van der Waals surface area (Å²) in [5.74, 6) is 0.403. The van der Waals surface area contributed by atoms with Gasteiger partial charge in [-0.25, -0.2) is 0 Å². The van der Waals surface area contributed by atoms with E-state index in [4.69, 9.17) is 5.73 Å². The molecule has 0 saturated carbocycles. The van der Waals surface area contributed by atoms with Gasteiger partial charge in [-0.3, -0.25) is 9.19 Å². The van der Waals surface area contributed by atoms with Gasteiger partial charge < -0.3 is 5.73 Å². The summed E-state index contributed by atoms with van der Waals surface area (Å²) < 4.78 is 12.3. The Morgan fingerprint density at radius 1 is 1.26 bits per heavy atom. The van der Waals surface area contributed by atoms with E-state index in [1.807, 2.05) is 45.0 Å². The average Bonchev–Trinajstić information content (AvgIpc) is 2.39. The highest BCUT2D eigenvalue weighted by Gasteiger charge is 2.11. The standard InChI is InChI=1S/C15H18N2OS/c1-10-5-4-6-13(7-10)19(18)9-14-12(3)15(16)11(2)8-17-14/h4-8H,9H2,1-3H3,(H2,16,17). The van der Waals surface area contributed by atoms with Gasteiger partial charge in [-0.15, -0.1) is 0 Å². The van der Waals surface area contributed by atoms with Crippen LogP contribution in [0.4, 0.5) is 5.69 Å². The van der Waals surface area contributed by atoms with Gasteiger partial charge in [0.2, 0.25) is 0 Å². The normalized spacial score (nSPS) is 12.4. The zero-order valence-electron chi connectivity index (χ0n) is 11.4. The van der Waals surface area contributed by atoms with E-state index < -0.39 is 10.8 Å². The molecule has 0 aliphatic rings. The van der Waals surface area contributed by atoms with Crippen LogP contribution in [0.25, 0.3) is 0 Å². The van der Waals surface area contributed by atoms with Crippen LogP contribution in [0.15, 0.2) is 35.4 Å². The zero-order valence-corrected chi connectivity index (χ0v) is 12.3. The van der Waals surface area contributed by atoms with Crippen molar-refractivity contribution in [3.8, 4) is 0 Å². The predicted molar refractivity (Wildman–Crippen MR) is 79.4 cm³/mol. The fourth-order valence-electron chi connectivity index (χ4n) is 1.90. The molecule has 0 saturated heterocycles. The van der Waals surface area contributed by atoms with Gasteiger partial charge in [0.15, 0.2) is 0 Å². The molecule has 0 aliphatic carbocycles. The number of aromatic nitrogens is 1. The number of pyridine rings is 1. The van der Waals surface area contributed by atoms with E-state index in [0.29, 0.717) is 5.75 Å². The van der Waals surface area contributed by atoms with Crippen molar-refractivity contribution >= 4 is 16.5 Å². The molecule has 0 fully saturated rings. The summed E-state index contributed by atoms with van der Waals surface area (Å²) in [4.78, 5) is 5.19. The van der Waals surface area contributed by atoms with Gasteiger partial charge in [-0.1, -0.05) is 12.1 Å². The molecule has 0 bridgehead atoms. The van der Waals surface area contributed by atoms with Crippen molar-refractivity contribution in [1.82, 2.24) is 4.98 Å². The average molecular weight is 274 g/mol.